The average Bonchev–Trinajstić information content (AvgIpc) is 2.44. The first-order chi connectivity index (χ1) is 10.0. The minimum absolute atomic E-state index is 0.800. The Labute approximate surface area is 133 Å². The number of nitrogens with one attached hydrogen (secondary N) is 1. The van der Waals surface area contributed by atoms with Crippen LogP contribution in [0.3, 0.4) is 0 Å². The minimum atomic E-state index is 0.800. The lowest BCUT2D eigenvalue weighted by atomic mass is 9.92. The number of rotatable bonds is 5. The maximum Gasteiger partial charge on any atom is 0.0409 e. The van der Waals surface area contributed by atoms with Gasteiger partial charge in [-0.05, 0) is 79.3 Å². The molecule has 0 radical (unpaired) electrons. The van der Waals surface area contributed by atoms with Crippen molar-refractivity contribution < 1.29 is 0 Å². The van der Waals surface area contributed by atoms with Crippen molar-refractivity contribution >= 4 is 11.6 Å². The molecule has 0 aliphatic rings. The number of aryl methyl sites for hydroxylation is 3. The van der Waals surface area contributed by atoms with Gasteiger partial charge in [-0.2, -0.15) is 0 Å². The van der Waals surface area contributed by atoms with E-state index in [1.807, 2.05) is 6.07 Å². The molecular weight excluding hydrogens is 278 g/mol. The lowest BCUT2D eigenvalue weighted by Crippen LogP contribution is -2.14. The van der Waals surface area contributed by atoms with Crippen LogP contribution in [0.4, 0.5) is 0 Å². The molecule has 1 nitrogen and oxygen atoms in total. The molecule has 0 heterocycles. The fraction of sp³-hybridized carbons (Fsp3) is 0.368. The van der Waals surface area contributed by atoms with Gasteiger partial charge in [-0.25, -0.2) is 0 Å². The lowest BCUT2D eigenvalue weighted by molar-refractivity contribution is 0.676. The Kier molecular flexibility index (Phi) is 5.44. The Morgan fingerprint density at radius 2 is 1.62 bits per heavy atom. The highest BCUT2D eigenvalue weighted by Crippen LogP contribution is 2.31. The molecule has 0 bridgehead atoms. The Bertz CT molecular complexity index is 632. The summed E-state index contributed by atoms with van der Waals surface area (Å²) < 4.78 is 0. The Hall–Kier alpha value is -1.31. The predicted octanol–water partition coefficient (Wildman–Crippen LogP) is 5.43. The van der Waals surface area contributed by atoms with Crippen molar-refractivity contribution in [3.05, 3.63) is 57.6 Å². The zero-order valence-corrected chi connectivity index (χ0v) is 14.1. The largest absolute Gasteiger partial charge is 0.313 e. The first-order valence-electron chi connectivity index (χ1n) is 7.60. The molecular formula is C19H24ClN. The van der Waals surface area contributed by atoms with Gasteiger partial charge in [0.1, 0.15) is 0 Å². The van der Waals surface area contributed by atoms with Crippen LogP contribution in [0.2, 0.25) is 5.02 Å². The van der Waals surface area contributed by atoms with Crippen LogP contribution in [0.5, 0.6) is 0 Å². The standard InChI is InChI=1S/C19H24ClN/c1-5-8-21-12-16-11-17(20)6-7-18(16)19-10-14(3)13(2)9-15(19)4/h6-7,9-11,21H,5,8,12H2,1-4H3. The lowest BCUT2D eigenvalue weighted by Gasteiger charge is -2.15. The Balaban J connectivity index is 2.45. The zero-order valence-electron chi connectivity index (χ0n) is 13.4. The summed E-state index contributed by atoms with van der Waals surface area (Å²) in [5.74, 6) is 0. The molecule has 0 aliphatic heterocycles. The predicted molar refractivity (Wildman–Crippen MR) is 93.1 cm³/mol. The van der Waals surface area contributed by atoms with Gasteiger partial charge in [-0.1, -0.05) is 36.7 Å². The molecule has 2 heteroatoms. The molecule has 2 aromatic carbocycles. The second-order valence-corrected chi connectivity index (χ2v) is 6.17. The van der Waals surface area contributed by atoms with E-state index in [0.29, 0.717) is 0 Å². The fourth-order valence-corrected chi connectivity index (χ4v) is 2.82. The van der Waals surface area contributed by atoms with Gasteiger partial charge in [0.05, 0.1) is 0 Å². The number of hydrogen-bond donors (Lipinski definition) is 1. The topological polar surface area (TPSA) is 12.0 Å². The summed E-state index contributed by atoms with van der Waals surface area (Å²) >= 11 is 6.19. The summed E-state index contributed by atoms with van der Waals surface area (Å²) in [6, 6.07) is 10.8. The van der Waals surface area contributed by atoms with Crippen molar-refractivity contribution in [2.24, 2.45) is 0 Å². The summed E-state index contributed by atoms with van der Waals surface area (Å²) in [4.78, 5) is 0. The number of halogens is 1. The van der Waals surface area contributed by atoms with E-state index in [2.05, 4.69) is 57.3 Å². The monoisotopic (exact) mass is 301 g/mol. The van der Waals surface area contributed by atoms with Gasteiger partial charge in [-0.15, -0.1) is 0 Å². The van der Waals surface area contributed by atoms with Crippen molar-refractivity contribution in [2.45, 2.75) is 40.7 Å². The van der Waals surface area contributed by atoms with E-state index in [-0.39, 0.29) is 0 Å². The third-order valence-corrected chi connectivity index (χ3v) is 4.18. The molecule has 0 spiro atoms. The van der Waals surface area contributed by atoms with Gasteiger partial charge in [-0.3, -0.25) is 0 Å². The van der Waals surface area contributed by atoms with Gasteiger partial charge in [0.25, 0.3) is 0 Å². The van der Waals surface area contributed by atoms with Crippen LogP contribution in [0.1, 0.15) is 35.6 Å². The Morgan fingerprint density at radius 3 is 2.33 bits per heavy atom. The van der Waals surface area contributed by atoms with Crippen LogP contribution >= 0.6 is 11.6 Å². The van der Waals surface area contributed by atoms with E-state index in [1.54, 1.807) is 0 Å². The number of hydrogen-bond acceptors (Lipinski definition) is 1. The van der Waals surface area contributed by atoms with E-state index in [0.717, 1.165) is 24.5 Å². The van der Waals surface area contributed by atoms with E-state index < -0.39 is 0 Å². The molecule has 0 saturated heterocycles. The fourth-order valence-electron chi connectivity index (χ4n) is 2.62. The summed E-state index contributed by atoms with van der Waals surface area (Å²) in [6.45, 7) is 10.6. The SMILES string of the molecule is CCCNCc1cc(Cl)ccc1-c1cc(C)c(C)cc1C. The molecule has 2 aromatic rings. The molecule has 0 unspecified atom stereocenters. The van der Waals surface area contributed by atoms with Crippen LogP contribution < -0.4 is 5.32 Å². The summed E-state index contributed by atoms with van der Waals surface area (Å²) in [5.41, 5.74) is 7.85. The highest BCUT2D eigenvalue weighted by molar-refractivity contribution is 6.30. The third kappa shape index (κ3) is 3.87. The molecule has 0 fully saturated rings. The molecule has 1 N–H and O–H groups in total. The second-order valence-electron chi connectivity index (χ2n) is 5.73. The first-order valence-corrected chi connectivity index (χ1v) is 7.98. The van der Waals surface area contributed by atoms with Gasteiger partial charge < -0.3 is 5.32 Å². The van der Waals surface area contributed by atoms with Crippen molar-refractivity contribution in [3.8, 4) is 11.1 Å². The number of benzene rings is 2. The molecule has 0 saturated carbocycles. The molecule has 0 amide bonds. The van der Waals surface area contributed by atoms with E-state index >= 15 is 0 Å². The first kappa shape index (κ1) is 16.1. The van der Waals surface area contributed by atoms with E-state index in [4.69, 9.17) is 11.6 Å². The van der Waals surface area contributed by atoms with Gasteiger partial charge in [0.2, 0.25) is 0 Å². The van der Waals surface area contributed by atoms with Crippen LogP contribution in [0, 0.1) is 20.8 Å². The van der Waals surface area contributed by atoms with E-state index in [9.17, 15) is 0 Å². The van der Waals surface area contributed by atoms with Crippen molar-refractivity contribution in [1.82, 2.24) is 5.32 Å². The molecule has 2 rings (SSSR count). The summed E-state index contributed by atoms with van der Waals surface area (Å²) in [6.07, 6.45) is 1.14. The highest BCUT2D eigenvalue weighted by atomic mass is 35.5. The normalized spacial score (nSPS) is 10.9. The summed E-state index contributed by atoms with van der Waals surface area (Å²) in [5, 5.41) is 4.28. The quantitative estimate of drug-likeness (QED) is 0.726. The average molecular weight is 302 g/mol. The molecule has 112 valence electrons. The van der Waals surface area contributed by atoms with Crippen molar-refractivity contribution in [2.75, 3.05) is 6.54 Å². The molecule has 0 atom stereocenters. The summed E-state index contributed by atoms with van der Waals surface area (Å²) in [7, 11) is 0. The van der Waals surface area contributed by atoms with Gasteiger partial charge in [0, 0.05) is 11.6 Å². The second kappa shape index (κ2) is 7.11. The van der Waals surface area contributed by atoms with Crippen LogP contribution in [0.25, 0.3) is 11.1 Å². The van der Waals surface area contributed by atoms with Crippen LogP contribution in [-0.4, -0.2) is 6.54 Å². The molecule has 0 aliphatic carbocycles. The third-order valence-electron chi connectivity index (χ3n) is 3.94. The van der Waals surface area contributed by atoms with Crippen LogP contribution in [0.15, 0.2) is 30.3 Å². The molecule has 0 aromatic heterocycles. The minimum Gasteiger partial charge on any atom is -0.313 e. The zero-order chi connectivity index (χ0) is 15.4. The maximum atomic E-state index is 6.19. The van der Waals surface area contributed by atoms with E-state index in [1.165, 1.54) is 33.4 Å². The van der Waals surface area contributed by atoms with Crippen molar-refractivity contribution in [1.29, 1.82) is 0 Å². The van der Waals surface area contributed by atoms with Crippen molar-refractivity contribution in [3.63, 3.8) is 0 Å². The molecule has 21 heavy (non-hydrogen) atoms. The highest BCUT2D eigenvalue weighted by Gasteiger charge is 2.10. The maximum absolute atomic E-state index is 6.19. The van der Waals surface area contributed by atoms with Crippen LogP contribution in [-0.2, 0) is 6.54 Å². The Morgan fingerprint density at radius 1 is 0.905 bits per heavy atom. The van der Waals surface area contributed by atoms with Gasteiger partial charge >= 0.3 is 0 Å². The smallest absolute Gasteiger partial charge is 0.0409 e. The van der Waals surface area contributed by atoms with Gasteiger partial charge in [0.15, 0.2) is 0 Å².